The maximum Gasteiger partial charge on any atom is 0.322 e. The minimum atomic E-state index is -2.69. The largest absolute Gasteiger partial charge is 0.422 e. The summed E-state index contributed by atoms with van der Waals surface area (Å²) in [5.41, 5.74) is 0.0120. The molecule has 0 atom stereocenters. The van der Waals surface area contributed by atoms with Crippen molar-refractivity contribution in [2.24, 2.45) is 0 Å². The van der Waals surface area contributed by atoms with Crippen LogP contribution in [0.15, 0.2) is 42.9 Å². The van der Waals surface area contributed by atoms with Gasteiger partial charge >= 0.3 is 6.01 Å². The van der Waals surface area contributed by atoms with E-state index in [4.69, 9.17) is 16.3 Å². The standard InChI is InChI=1S/C13H8ClF2N5O/c14-8-5-17-13(18-6-8)22-11-4-2-1-3-10(11)21-7-9(12(15)16)19-20-21/h1-7,12H. The quantitative estimate of drug-likeness (QED) is 0.736. The second-order valence-corrected chi connectivity index (χ2v) is 4.58. The van der Waals surface area contributed by atoms with Crippen LogP contribution in [0, 0.1) is 0 Å². The lowest BCUT2D eigenvalue weighted by molar-refractivity contribution is 0.146. The maximum atomic E-state index is 12.6. The highest BCUT2D eigenvalue weighted by Crippen LogP contribution is 2.26. The molecule has 0 fully saturated rings. The molecule has 0 amide bonds. The molecule has 0 N–H and O–H groups in total. The van der Waals surface area contributed by atoms with Crippen LogP contribution in [0.2, 0.25) is 5.02 Å². The molecular formula is C13H8ClF2N5O. The molecule has 0 saturated heterocycles. The molecule has 112 valence electrons. The number of aromatic nitrogens is 5. The van der Waals surface area contributed by atoms with E-state index in [9.17, 15) is 8.78 Å². The van der Waals surface area contributed by atoms with E-state index in [-0.39, 0.29) is 6.01 Å². The Hall–Kier alpha value is -2.61. The third-order valence-corrected chi connectivity index (χ3v) is 2.84. The summed E-state index contributed by atoms with van der Waals surface area (Å²) in [5.74, 6) is 0.343. The van der Waals surface area contributed by atoms with E-state index >= 15 is 0 Å². The Morgan fingerprint density at radius 1 is 1.14 bits per heavy atom. The number of halogens is 3. The van der Waals surface area contributed by atoms with Crippen molar-refractivity contribution < 1.29 is 13.5 Å². The molecule has 3 rings (SSSR count). The minimum absolute atomic E-state index is 0.0750. The summed E-state index contributed by atoms with van der Waals surface area (Å²) in [6.45, 7) is 0. The summed E-state index contributed by atoms with van der Waals surface area (Å²) in [7, 11) is 0. The second kappa shape index (κ2) is 6.02. The first-order valence-electron chi connectivity index (χ1n) is 6.08. The summed E-state index contributed by atoms with van der Waals surface area (Å²) in [6, 6.07) is 6.80. The van der Waals surface area contributed by atoms with E-state index in [1.807, 2.05) is 0 Å². The number of hydrogen-bond donors (Lipinski definition) is 0. The molecule has 3 aromatic rings. The predicted octanol–water partition coefficient (Wildman–Crippen LogP) is 3.44. The first-order valence-corrected chi connectivity index (χ1v) is 6.46. The van der Waals surface area contributed by atoms with Crippen LogP contribution in [-0.2, 0) is 0 Å². The van der Waals surface area contributed by atoms with Crippen molar-refractivity contribution in [1.82, 2.24) is 25.0 Å². The average Bonchev–Trinajstić information content (AvgIpc) is 3.00. The molecule has 0 unspecified atom stereocenters. The van der Waals surface area contributed by atoms with Crippen molar-refractivity contribution >= 4 is 11.6 Å². The van der Waals surface area contributed by atoms with Gasteiger partial charge in [0.1, 0.15) is 11.4 Å². The number of alkyl halides is 2. The fourth-order valence-electron chi connectivity index (χ4n) is 1.68. The lowest BCUT2D eigenvalue weighted by atomic mass is 10.3. The van der Waals surface area contributed by atoms with Crippen LogP contribution in [0.3, 0.4) is 0 Å². The monoisotopic (exact) mass is 323 g/mol. The number of hydrogen-bond acceptors (Lipinski definition) is 5. The molecule has 2 aromatic heterocycles. The van der Waals surface area contributed by atoms with Crippen molar-refractivity contribution in [1.29, 1.82) is 0 Å². The van der Waals surface area contributed by atoms with Crippen molar-refractivity contribution in [3.63, 3.8) is 0 Å². The Morgan fingerprint density at radius 3 is 2.55 bits per heavy atom. The van der Waals surface area contributed by atoms with Crippen molar-refractivity contribution in [2.45, 2.75) is 6.43 Å². The molecule has 0 saturated carbocycles. The Labute approximate surface area is 128 Å². The first-order chi connectivity index (χ1) is 10.6. The Balaban J connectivity index is 1.93. The van der Waals surface area contributed by atoms with Crippen LogP contribution in [0.1, 0.15) is 12.1 Å². The van der Waals surface area contributed by atoms with Gasteiger partial charge in [0, 0.05) is 0 Å². The highest BCUT2D eigenvalue weighted by Gasteiger charge is 2.15. The maximum absolute atomic E-state index is 12.6. The molecular weight excluding hydrogens is 316 g/mol. The predicted molar refractivity (Wildman–Crippen MR) is 73.4 cm³/mol. The molecule has 0 spiro atoms. The highest BCUT2D eigenvalue weighted by atomic mass is 35.5. The highest BCUT2D eigenvalue weighted by molar-refractivity contribution is 6.30. The fourth-order valence-corrected chi connectivity index (χ4v) is 1.78. The van der Waals surface area contributed by atoms with Gasteiger partial charge in [0.25, 0.3) is 6.43 Å². The van der Waals surface area contributed by atoms with Crippen LogP contribution < -0.4 is 4.74 Å². The van der Waals surface area contributed by atoms with Gasteiger partial charge in [-0.15, -0.1) is 5.10 Å². The van der Waals surface area contributed by atoms with E-state index < -0.39 is 12.1 Å². The molecule has 0 radical (unpaired) electrons. The average molecular weight is 324 g/mol. The molecule has 6 nitrogen and oxygen atoms in total. The van der Waals surface area contributed by atoms with Gasteiger partial charge < -0.3 is 4.74 Å². The normalized spacial score (nSPS) is 10.9. The Bertz CT molecular complexity index is 778. The lowest BCUT2D eigenvalue weighted by Crippen LogP contribution is -1.99. The van der Waals surface area contributed by atoms with Gasteiger partial charge in [-0.1, -0.05) is 28.9 Å². The molecule has 0 aliphatic rings. The second-order valence-electron chi connectivity index (χ2n) is 4.14. The van der Waals surface area contributed by atoms with Crippen LogP contribution in [-0.4, -0.2) is 25.0 Å². The van der Waals surface area contributed by atoms with Gasteiger partial charge in [0.15, 0.2) is 5.75 Å². The SMILES string of the molecule is FC(F)c1cn(-c2ccccc2Oc2ncc(Cl)cn2)nn1. The molecule has 1 aromatic carbocycles. The number of rotatable bonds is 4. The number of para-hydroxylation sites is 2. The van der Waals surface area contributed by atoms with Crippen molar-refractivity contribution in [2.75, 3.05) is 0 Å². The molecule has 0 aliphatic carbocycles. The zero-order valence-electron chi connectivity index (χ0n) is 10.9. The number of ether oxygens (including phenoxy) is 1. The summed E-state index contributed by atoms with van der Waals surface area (Å²) in [5, 5.41) is 7.45. The van der Waals surface area contributed by atoms with E-state index in [1.54, 1.807) is 24.3 Å². The van der Waals surface area contributed by atoms with Gasteiger partial charge in [-0.2, -0.15) is 0 Å². The van der Waals surface area contributed by atoms with Gasteiger partial charge in [0.2, 0.25) is 0 Å². The zero-order chi connectivity index (χ0) is 15.5. The van der Waals surface area contributed by atoms with Gasteiger partial charge in [-0.3, -0.25) is 0 Å². The summed E-state index contributed by atoms with van der Waals surface area (Å²) < 4.78 is 31.9. The molecule has 2 heterocycles. The third kappa shape index (κ3) is 3.01. The van der Waals surface area contributed by atoms with Crippen molar-refractivity contribution in [3.8, 4) is 17.4 Å². The van der Waals surface area contributed by atoms with Crippen LogP contribution in [0.25, 0.3) is 5.69 Å². The number of benzene rings is 1. The first kappa shape index (κ1) is 14.3. The fraction of sp³-hybridized carbons (Fsp3) is 0.0769. The van der Waals surface area contributed by atoms with Gasteiger partial charge in [0.05, 0.1) is 23.6 Å². The van der Waals surface area contributed by atoms with Crippen LogP contribution in [0.5, 0.6) is 11.8 Å². The molecule has 22 heavy (non-hydrogen) atoms. The molecule has 0 aliphatic heterocycles. The molecule has 0 bridgehead atoms. The van der Waals surface area contributed by atoms with Crippen molar-refractivity contribution in [3.05, 3.63) is 53.6 Å². The van der Waals surface area contributed by atoms with E-state index in [0.717, 1.165) is 6.20 Å². The smallest absolute Gasteiger partial charge is 0.322 e. The van der Waals surface area contributed by atoms with Crippen LogP contribution in [0.4, 0.5) is 8.78 Å². The Morgan fingerprint density at radius 2 is 1.86 bits per heavy atom. The summed E-state index contributed by atoms with van der Waals surface area (Å²) >= 11 is 5.70. The minimum Gasteiger partial charge on any atom is -0.422 e. The van der Waals surface area contributed by atoms with Gasteiger partial charge in [-0.25, -0.2) is 23.4 Å². The van der Waals surface area contributed by atoms with E-state index in [1.165, 1.54) is 17.1 Å². The summed E-state index contributed by atoms with van der Waals surface area (Å²) in [6.07, 6.45) is 1.21. The Kier molecular flexibility index (Phi) is 3.92. The number of nitrogens with zero attached hydrogens (tertiary/aromatic N) is 5. The van der Waals surface area contributed by atoms with Gasteiger partial charge in [-0.05, 0) is 12.1 Å². The third-order valence-electron chi connectivity index (χ3n) is 2.64. The van der Waals surface area contributed by atoms with E-state index in [0.29, 0.717) is 16.5 Å². The zero-order valence-corrected chi connectivity index (χ0v) is 11.7. The van der Waals surface area contributed by atoms with E-state index in [2.05, 4.69) is 20.3 Å². The van der Waals surface area contributed by atoms with Crippen LogP contribution >= 0.6 is 11.6 Å². The lowest BCUT2D eigenvalue weighted by Gasteiger charge is -2.08. The summed E-state index contributed by atoms with van der Waals surface area (Å²) in [4.78, 5) is 7.82. The topological polar surface area (TPSA) is 65.7 Å². The molecule has 9 heteroatoms.